The smallest absolute Gasteiger partial charge is 0.0624 e. The van der Waals surface area contributed by atoms with Crippen LogP contribution < -0.4 is 5.73 Å². The van der Waals surface area contributed by atoms with Crippen molar-refractivity contribution in [2.45, 2.75) is 12.5 Å². The molecule has 3 N–H and O–H groups in total. The SMILES string of the molecule is NCC1COCCC1O. The maximum atomic E-state index is 9.21. The predicted octanol–water partition coefficient (Wildman–Crippen LogP) is -0.658. The number of nitrogens with two attached hydrogens (primary N) is 1. The van der Waals surface area contributed by atoms with Gasteiger partial charge in [0.15, 0.2) is 0 Å². The van der Waals surface area contributed by atoms with Crippen LogP contribution in [0.15, 0.2) is 0 Å². The van der Waals surface area contributed by atoms with Gasteiger partial charge in [-0.15, -0.1) is 0 Å². The van der Waals surface area contributed by atoms with Gasteiger partial charge in [0.2, 0.25) is 0 Å². The molecule has 54 valence electrons. The zero-order valence-electron chi connectivity index (χ0n) is 5.42. The zero-order chi connectivity index (χ0) is 6.69. The summed E-state index contributed by atoms with van der Waals surface area (Å²) < 4.78 is 5.10. The van der Waals surface area contributed by atoms with Crippen molar-refractivity contribution in [3.05, 3.63) is 0 Å². The summed E-state index contributed by atoms with van der Waals surface area (Å²) in [6, 6.07) is 0. The van der Waals surface area contributed by atoms with E-state index in [4.69, 9.17) is 10.5 Å². The highest BCUT2D eigenvalue weighted by Gasteiger charge is 2.21. The van der Waals surface area contributed by atoms with Gasteiger partial charge in [0.25, 0.3) is 0 Å². The Hall–Kier alpha value is -0.120. The third kappa shape index (κ3) is 1.64. The van der Waals surface area contributed by atoms with Crippen LogP contribution in [0.2, 0.25) is 0 Å². The molecule has 0 aliphatic carbocycles. The van der Waals surface area contributed by atoms with Gasteiger partial charge in [-0.25, -0.2) is 0 Å². The third-order valence-corrected chi connectivity index (χ3v) is 1.74. The number of hydrogen-bond donors (Lipinski definition) is 2. The molecule has 1 rings (SSSR count). The van der Waals surface area contributed by atoms with Crippen LogP contribution in [0.25, 0.3) is 0 Å². The van der Waals surface area contributed by atoms with Gasteiger partial charge in [0.05, 0.1) is 12.7 Å². The summed E-state index contributed by atoms with van der Waals surface area (Å²) in [6.07, 6.45) is 0.505. The van der Waals surface area contributed by atoms with Crippen LogP contribution in [-0.4, -0.2) is 31.0 Å². The molecule has 1 aliphatic rings. The first-order chi connectivity index (χ1) is 4.34. The number of hydrogen-bond acceptors (Lipinski definition) is 3. The maximum absolute atomic E-state index is 9.21. The van der Waals surface area contributed by atoms with Crippen LogP contribution >= 0.6 is 0 Å². The molecular weight excluding hydrogens is 118 g/mol. The third-order valence-electron chi connectivity index (χ3n) is 1.74. The lowest BCUT2D eigenvalue weighted by molar-refractivity contribution is -0.0317. The molecule has 2 unspecified atom stereocenters. The lowest BCUT2D eigenvalue weighted by Crippen LogP contribution is -2.36. The highest BCUT2D eigenvalue weighted by atomic mass is 16.5. The maximum Gasteiger partial charge on any atom is 0.0624 e. The fraction of sp³-hybridized carbons (Fsp3) is 1.00. The first-order valence-corrected chi connectivity index (χ1v) is 3.30. The van der Waals surface area contributed by atoms with Crippen LogP contribution in [-0.2, 0) is 4.74 Å². The molecule has 1 fully saturated rings. The topological polar surface area (TPSA) is 55.5 Å². The van der Waals surface area contributed by atoms with Crippen molar-refractivity contribution in [1.29, 1.82) is 0 Å². The Morgan fingerprint density at radius 3 is 2.89 bits per heavy atom. The summed E-state index contributed by atoms with van der Waals surface area (Å²) >= 11 is 0. The average Bonchev–Trinajstić information content (AvgIpc) is 1.89. The predicted molar refractivity (Wildman–Crippen MR) is 34.0 cm³/mol. The number of rotatable bonds is 1. The Balaban J connectivity index is 2.30. The Bertz CT molecular complexity index is 87.1. The highest BCUT2D eigenvalue weighted by Crippen LogP contribution is 2.12. The molecular formula is C6H13NO2. The minimum atomic E-state index is -0.233. The van der Waals surface area contributed by atoms with Gasteiger partial charge in [0.1, 0.15) is 0 Å². The van der Waals surface area contributed by atoms with Crippen molar-refractivity contribution in [3.63, 3.8) is 0 Å². The molecule has 0 bridgehead atoms. The largest absolute Gasteiger partial charge is 0.393 e. The van der Waals surface area contributed by atoms with Gasteiger partial charge in [-0.1, -0.05) is 0 Å². The van der Waals surface area contributed by atoms with Gasteiger partial charge < -0.3 is 15.6 Å². The van der Waals surface area contributed by atoms with Crippen LogP contribution in [0.3, 0.4) is 0 Å². The number of ether oxygens (including phenoxy) is 1. The van der Waals surface area contributed by atoms with Gasteiger partial charge >= 0.3 is 0 Å². The van der Waals surface area contributed by atoms with Crippen LogP contribution in [0.4, 0.5) is 0 Å². The molecule has 1 heterocycles. The van der Waals surface area contributed by atoms with Crippen molar-refractivity contribution in [3.8, 4) is 0 Å². The quantitative estimate of drug-likeness (QED) is 0.497. The minimum absolute atomic E-state index is 0.166. The fourth-order valence-corrected chi connectivity index (χ4v) is 1.01. The summed E-state index contributed by atoms with van der Waals surface area (Å²) in [5, 5.41) is 9.21. The first-order valence-electron chi connectivity index (χ1n) is 3.30. The summed E-state index contributed by atoms with van der Waals surface area (Å²) in [5.74, 6) is 0.166. The normalized spacial score (nSPS) is 36.7. The molecule has 1 aliphatic heterocycles. The molecule has 0 aromatic rings. The van der Waals surface area contributed by atoms with Crippen molar-refractivity contribution in [2.75, 3.05) is 19.8 Å². The molecule has 3 heteroatoms. The van der Waals surface area contributed by atoms with Crippen LogP contribution in [0, 0.1) is 5.92 Å². The molecule has 0 aromatic heterocycles. The van der Waals surface area contributed by atoms with E-state index in [1.807, 2.05) is 0 Å². The van der Waals surface area contributed by atoms with Crippen LogP contribution in [0.1, 0.15) is 6.42 Å². The molecule has 3 nitrogen and oxygen atoms in total. The van der Waals surface area contributed by atoms with Crippen molar-refractivity contribution in [1.82, 2.24) is 0 Å². The summed E-state index contributed by atoms with van der Waals surface area (Å²) in [4.78, 5) is 0. The monoisotopic (exact) mass is 131 g/mol. The van der Waals surface area contributed by atoms with E-state index in [1.165, 1.54) is 0 Å². The van der Waals surface area contributed by atoms with E-state index >= 15 is 0 Å². The van der Waals surface area contributed by atoms with Crippen molar-refractivity contribution >= 4 is 0 Å². The fourth-order valence-electron chi connectivity index (χ4n) is 1.01. The summed E-state index contributed by atoms with van der Waals surface area (Å²) in [7, 11) is 0. The molecule has 2 atom stereocenters. The van der Waals surface area contributed by atoms with Crippen LogP contribution in [0.5, 0.6) is 0 Å². The molecule has 0 amide bonds. The number of aliphatic hydroxyl groups is 1. The van der Waals surface area contributed by atoms with Crippen molar-refractivity contribution < 1.29 is 9.84 Å². The van der Waals surface area contributed by atoms with Gasteiger partial charge in [-0.05, 0) is 13.0 Å². The second-order valence-electron chi connectivity index (χ2n) is 2.43. The van der Waals surface area contributed by atoms with E-state index in [2.05, 4.69) is 0 Å². The second-order valence-corrected chi connectivity index (χ2v) is 2.43. The molecule has 0 radical (unpaired) electrons. The molecule has 0 aromatic carbocycles. The van der Waals surface area contributed by atoms with E-state index in [0.717, 1.165) is 6.42 Å². The molecule has 0 saturated carbocycles. The Morgan fingerprint density at radius 1 is 1.67 bits per heavy atom. The van der Waals surface area contributed by atoms with E-state index < -0.39 is 0 Å². The van der Waals surface area contributed by atoms with E-state index in [0.29, 0.717) is 19.8 Å². The van der Waals surface area contributed by atoms with E-state index in [-0.39, 0.29) is 12.0 Å². The van der Waals surface area contributed by atoms with Crippen molar-refractivity contribution in [2.24, 2.45) is 11.7 Å². The van der Waals surface area contributed by atoms with Gasteiger partial charge in [-0.3, -0.25) is 0 Å². The van der Waals surface area contributed by atoms with Gasteiger partial charge in [-0.2, -0.15) is 0 Å². The van der Waals surface area contributed by atoms with E-state index in [1.54, 1.807) is 0 Å². The first kappa shape index (κ1) is 6.99. The Morgan fingerprint density at radius 2 is 2.44 bits per heavy atom. The Kier molecular flexibility index (Phi) is 2.45. The highest BCUT2D eigenvalue weighted by molar-refractivity contribution is 4.72. The average molecular weight is 131 g/mol. The standard InChI is InChI=1S/C6H13NO2/c7-3-5-4-9-2-1-6(5)8/h5-6,8H,1-4,7H2. The number of aliphatic hydroxyl groups excluding tert-OH is 1. The molecule has 0 spiro atoms. The minimum Gasteiger partial charge on any atom is -0.393 e. The lowest BCUT2D eigenvalue weighted by atomic mass is 9.99. The zero-order valence-corrected chi connectivity index (χ0v) is 5.42. The lowest BCUT2D eigenvalue weighted by Gasteiger charge is -2.26. The van der Waals surface area contributed by atoms with E-state index in [9.17, 15) is 5.11 Å². The molecule has 1 saturated heterocycles. The van der Waals surface area contributed by atoms with Gasteiger partial charge in [0, 0.05) is 12.5 Å². The Labute approximate surface area is 54.8 Å². The molecule has 9 heavy (non-hydrogen) atoms. The second kappa shape index (κ2) is 3.15. The summed E-state index contributed by atoms with van der Waals surface area (Å²) in [6.45, 7) is 1.83. The summed E-state index contributed by atoms with van der Waals surface area (Å²) in [5.41, 5.74) is 5.35.